The number of hydrogen-bond acceptors (Lipinski definition) is 3. The maximum atomic E-state index is 13.7. The van der Waals surface area contributed by atoms with E-state index in [0.29, 0.717) is 17.6 Å². The van der Waals surface area contributed by atoms with E-state index in [1.807, 2.05) is 38.1 Å². The van der Waals surface area contributed by atoms with E-state index in [0.717, 1.165) is 45.3 Å². The third kappa shape index (κ3) is 6.15. The summed E-state index contributed by atoms with van der Waals surface area (Å²) in [4.78, 5) is 13.7. The molecule has 0 saturated heterocycles. The van der Waals surface area contributed by atoms with Crippen molar-refractivity contribution in [2.24, 2.45) is 10.8 Å². The first-order chi connectivity index (χ1) is 17.6. The summed E-state index contributed by atoms with van der Waals surface area (Å²) in [6.45, 7) is 29.3. The normalized spacial score (nSPS) is 18.4. The Morgan fingerprint density at radius 3 is 1.56 bits per heavy atom. The number of ketones is 1. The molecular formula is C35H49O4+. The molecule has 1 aromatic rings. The number of aliphatic hydroxyl groups excluding tert-OH is 1. The Balaban J connectivity index is 2.24. The third-order valence-corrected chi connectivity index (χ3v) is 7.28. The van der Waals surface area contributed by atoms with E-state index in [1.165, 1.54) is 0 Å². The summed E-state index contributed by atoms with van der Waals surface area (Å²) in [6, 6.07) is 4.01. The van der Waals surface area contributed by atoms with Gasteiger partial charge in [-0.2, -0.15) is 0 Å². The number of aliphatic hydroxyl groups is 1. The molecule has 0 aromatic carbocycles. The molecule has 1 aliphatic heterocycles. The number of hydrogen-bond donors (Lipinski definition) is 1. The van der Waals surface area contributed by atoms with Gasteiger partial charge < -0.3 is 9.84 Å². The van der Waals surface area contributed by atoms with E-state index in [1.54, 1.807) is 0 Å². The van der Waals surface area contributed by atoms with Gasteiger partial charge in [0.2, 0.25) is 5.78 Å². The van der Waals surface area contributed by atoms with Crippen LogP contribution in [0.4, 0.5) is 0 Å². The average Bonchev–Trinajstić information content (AvgIpc) is 2.79. The van der Waals surface area contributed by atoms with E-state index >= 15 is 0 Å². The Morgan fingerprint density at radius 2 is 1.23 bits per heavy atom. The van der Waals surface area contributed by atoms with Crippen molar-refractivity contribution < 1.29 is 19.1 Å². The highest BCUT2D eigenvalue weighted by molar-refractivity contribution is 6.25. The van der Waals surface area contributed by atoms with Crippen LogP contribution in [0.3, 0.4) is 0 Å². The zero-order valence-corrected chi connectivity index (χ0v) is 26.7. The monoisotopic (exact) mass is 533 g/mol. The number of carbonyl (C=O) groups is 1. The van der Waals surface area contributed by atoms with Gasteiger partial charge in [-0.25, -0.2) is 4.42 Å². The second-order valence-electron chi connectivity index (χ2n) is 15.0. The predicted molar refractivity (Wildman–Crippen MR) is 161 cm³/mol. The number of carbonyl (C=O) groups excluding carboxylic acids is 1. The van der Waals surface area contributed by atoms with Crippen molar-refractivity contribution >= 4 is 11.4 Å². The minimum atomic E-state index is -0.204. The molecule has 2 heterocycles. The fourth-order valence-corrected chi connectivity index (χ4v) is 4.57. The lowest BCUT2D eigenvalue weighted by molar-refractivity contribution is -0.113. The Morgan fingerprint density at radius 1 is 0.795 bits per heavy atom. The van der Waals surface area contributed by atoms with Crippen molar-refractivity contribution in [1.29, 1.82) is 0 Å². The van der Waals surface area contributed by atoms with Crippen molar-refractivity contribution in [3.8, 4) is 0 Å². The van der Waals surface area contributed by atoms with Gasteiger partial charge in [0.25, 0.3) is 0 Å². The third-order valence-electron chi connectivity index (χ3n) is 7.28. The van der Waals surface area contributed by atoms with Gasteiger partial charge in [0.05, 0.1) is 22.0 Å². The molecule has 39 heavy (non-hydrogen) atoms. The molecule has 2 aliphatic rings. The summed E-state index contributed by atoms with van der Waals surface area (Å²) >= 11 is 0. The molecule has 1 N–H and O–H groups in total. The van der Waals surface area contributed by atoms with Gasteiger partial charge in [-0.15, -0.1) is 0 Å². The maximum absolute atomic E-state index is 13.7. The summed E-state index contributed by atoms with van der Waals surface area (Å²) in [7, 11) is 0. The van der Waals surface area contributed by atoms with Gasteiger partial charge in [-0.3, -0.25) is 4.79 Å². The zero-order chi connectivity index (χ0) is 29.9. The van der Waals surface area contributed by atoms with Crippen LogP contribution in [0.1, 0.15) is 120 Å². The quantitative estimate of drug-likeness (QED) is 0.310. The zero-order valence-electron chi connectivity index (χ0n) is 26.7. The lowest BCUT2D eigenvalue weighted by atomic mass is 9.76. The van der Waals surface area contributed by atoms with E-state index in [2.05, 4.69) is 83.1 Å². The molecule has 212 valence electrons. The van der Waals surface area contributed by atoms with Crippen LogP contribution in [-0.4, -0.2) is 10.9 Å². The number of rotatable bonds is 3. The van der Waals surface area contributed by atoms with Crippen molar-refractivity contribution in [2.45, 2.75) is 114 Å². The molecule has 4 nitrogen and oxygen atoms in total. The smallest absolute Gasteiger partial charge is 0.335 e. The molecule has 0 unspecified atom stereocenters. The average molecular weight is 534 g/mol. The highest BCUT2D eigenvalue weighted by atomic mass is 16.5. The molecule has 0 bridgehead atoms. The molecule has 3 rings (SSSR count). The van der Waals surface area contributed by atoms with Crippen molar-refractivity contribution in [3.63, 3.8) is 0 Å². The summed E-state index contributed by atoms with van der Waals surface area (Å²) in [6.07, 6.45) is 4.67. The minimum Gasteiger partial charge on any atom is -0.506 e. The van der Waals surface area contributed by atoms with Crippen molar-refractivity contribution in [2.75, 3.05) is 0 Å². The first-order valence-electron chi connectivity index (χ1n) is 14.1. The van der Waals surface area contributed by atoms with Crippen molar-refractivity contribution in [1.82, 2.24) is 0 Å². The Labute approximate surface area is 236 Å². The Hall–Kier alpha value is -2.88. The maximum Gasteiger partial charge on any atom is 0.335 e. The molecular weight excluding hydrogens is 484 g/mol. The molecule has 0 amide bonds. The lowest BCUT2D eigenvalue weighted by Gasteiger charge is -2.34. The Bertz CT molecular complexity index is 1280. The van der Waals surface area contributed by atoms with E-state index in [-0.39, 0.29) is 33.2 Å². The van der Waals surface area contributed by atoms with Gasteiger partial charge in [-0.1, -0.05) is 48.5 Å². The number of ether oxygens (including phenoxy) is 1. The molecule has 0 atom stereocenters. The topological polar surface area (TPSA) is 57.8 Å². The second-order valence-corrected chi connectivity index (χ2v) is 15.0. The first-order valence-corrected chi connectivity index (χ1v) is 14.1. The molecule has 0 spiro atoms. The van der Waals surface area contributed by atoms with Gasteiger partial charge in [0, 0.05) is 23.0 Å². The van der Waals surface area contributed by atoms with E-state index < -0.39 is 0 Å². The van der Waals surface area contributed by atoms with Crippen LogP contribution >= 0.6 is 0 Å². The molecule has 1 aliphatic carbocycles. The summed E-state index contributed by atoms with van der Waals surface area (Å²) in [5, 5.41) is 11.4. The standard InChI is InChI=1S/C35H48O4/c1-15-23(22-18-26(34(9,10)11)39-27(19-22)35(12,13)14)29-30(36)28(31(29)37)20(2)21-16-24(32(3,4)5)38-25(17-21)33(6,7)8/h16-19H,15H2,1-14H3/p+1. The van der Waals surface area contributed by atoms with E-state index in [9.17, 15) is 9.90 Å². The first kappa shape index (κ1) is 30.7. The van der Waals surface area contributed by atoms with Gasteiger partial charge in [0.15, 0.2) is 0 Å². The summed E-state index contributed by atoms with van der Waals surface area (Å²) in [5.41, 5.74) is 3.40. The second kappa shape index (κ2) is 9.94. The fourth-order valence-electron chi connectivity index (χ4n) is 4.57. The molecule has 1 aromatic heterocycles. The van der Waals surface area contributed by atoms with Crippen LogP contribution in [-0.2, 0) is 20.4 Å². The van der Waals surface area contributed by atoms with Crippen LogP contribution in [0.25, 0.3) is 5.57 Å². The van der Waals surface area contributed by atoms with Gasteiger partial charge in [-0.05, 0) is 89.3 Å². The summed E-state index contributed by atoms with van der Waals surface area (Å²) in [5.74, 6) is 3.35. The molecule has 0 fully saturated rings. The number of Topliss-reactive ketones (excluding diaryl/α,β-unsaturated/α-hetero) is 1. The highest BCUT2D eigenvalue weighted by Crippen LogP contribution is 2.45. The SMILES string of the molecule is CCC(=C1C=C(C(C)(C)C)OC(C(C)(C)C)=C1)C1=C(O)/C(=C(/C)c2cc(C(C)(C)C)[o+]c(C(C)(C)C)c2)C1=O. The lowest BCUT2D eigenvalue weighted by Crippen LogP contribution is -2.26. The van der Waals surface area contributed by atoms with Gasteiger partial charge in [0.1, 0.15) is 17.3 Å². The highest BCUT2D eigenvalue weighted by Gasteiger charge is 2.40. The van der Waals surface area contributed by atoms with Crippen LogP contribution < -0.4 is 0 Å². The van der Waals surface area contributed by atoms with Crippen molar-refractivity contribution in [3.05, 3.63) is 80.9 Å². The molecule has 4 heteroatoms. The Kier molecular flexibility index (Phi) is 7.82. The van der Waals surface area contributed by atoms with Crippen LogP contribution in [0.2, 0.25) is 0 Å². The van der Waals surface area contributed by atoms with E-state index in [4.69, 9.17) is 9.15 Å². The fraction of sp³-hybridized carbons (Fsp3) is 0.543. The van der Waals surface area contributed by atoms with Gasteiger partial charge >= 0.3 is 11.5 Å². The largest absolute Gasteiger partial charge is 0.506 e. The van der Waals surface area contributed by atoms with Crippen LogP contribution in [0.5, 0.6) is 0 Å². The van der Waals surface area contributed by atoms with Crippen LogP contribution in [0, 0.1) is 10.8 Å². The molecule has 0 saturated carbocycles. The molecule has 0 radical (unpaired) electrons. The minimum absolute atomic E-state index is 0.0696. The predicted octanol–water partition coefficient (Wildman–Crippen LogP) is 9.92. The number of allylic oxidation sites excluding steroid dienone is 9. The van der Waals surface area contributed by atoms with Crippen LogP contribution in [0.15, 0.2) is 68.3 Å². The summed E-state index contributed by atoms with van der Waals surface area (Å²) < 4.78 is 12.6.